The van der Waals surface area contributed by atoms with E-state index in [1.807, 2.05) is 11.4 Å². The van der Waals surface area contributed by atoms with E-state index >= 15 is 0 Å². The van der Waals surface area contributed by atoms with Crippen LogP contribution in [0.15, 0.2) is 26.7 Å². The molecule has 0 saturated carbocycles. The molecule has 27 heavy (non-hydrogen) atoms. The lowest BCUT2D eigenvalue weighted by Gasteiger charge is -2.23. The summed E-state index contributed by atoms with van der Waals surface area (Å²) in [7, 11) is 0. The monoisotopic (exact) mass is 393 g/mol. The normalized spacial score (nSPS) is 16.0. The van der Waals surface area contributed by atoms with Gasteiger partial charge < -0.3 is 14.1 Å². The first kappa shape index (κ1) is 19.3. The van der Waals surface area contributed by atoms with Gasteiger partial charge in [0.15, 0.2) is 6.10 Å². The number of hydrogen-bond acceptors (Lipinski definition) is 7. The number of thiophene rings is 1. The van der Waals surface area contributed by atoms with Gasteiger partial charge in [-0.3, -0.25) is 9.59 Å². The number of aromatic nitrogens is 2. The molecule has 0 aromatic carbocycles. The summed E-state index contributed by atoms with van der Waals surface area (Å²) in [5, 5.41) is 5.94. The molecular formula is C18H23N3O5S. The maximum absolute atomic E-state index is 12.4. The lowest BCUT2D eigenvalue weighted by atomic mass is 10.2. The van der Waals surface area contributed by atoms with Crippen LogP contribution in [0.2, 0.25) is 0 Å². The van der Waals surface area contributed by atoms with Crippen LogP contribution in [0.3, 0.4) is 0 Å². The molecule has 0 spiro atoms. The van der Waals surface area contributed by atoms with E-state index in [2.05, 4.69) is 5.10 Å². The van der Waals surface area contributed by atoms with Crippen LogP contribution in [-0.4, -0.2) is 45.8 Å². The van der Waals surface area contributed by atoms with Crippen LogP contribution in [0.1, 0.15) is 39.0 Å². The molecule has 146 valence electrons. The average molecular weight is 393 g/mol. The topological polar surface area (TPSA) is 94.6 Å². The molecule has 2 aromatic heterocycles. The molecule has 0 bridgehead atoms. The Morgan fingerprint density at radius 3 is 2.70 bits per heavy atom. The first-order valence-electron chi connectivity index (χ1n) is 9.14. The van der Waals surface area contributed by atoms with Crippen LogP contribution < -0.4 is 5.76 Å². The van der Waals surface area contributed by atoms with E-state index in [1.165, 1.54) is 11.3 Å². The second-order valence-corrected chi connectivity index (χ2v) is 7.44. The highest BCUT2D eigenvalue weighted by atomic mass is 32.1. The van der Waals surface area contributed by atoms with Crippen LogP contribution >= 0.6 is 11.3 Å². The van der Waals surface area contributed by atoms with Crippen molar-refractivity contribution in [2.24, 2.45) is 0 Å². The number of nitrogens with zero attached hydrogens (tertiary/aromatic N) is 3. The van der Waals surface area contributed by atoms with Gasteiger partial charge in [0.1, 0.15) is 0 Å². The SMILES string of the molecule is C[C@H](OC(=O)CCn1nc(-c2cccs2)oc1=O)C(=O)N1CCCCCC1. The van der Waals surface area contributed by atoms with Crippen molar-refractivity contribution < 1.29 is 18.7 Å². The lowest BCUT2D eigenvalue weighted by molar-refractivity contribution is -0.159. The molecule has 3 rings (SSSR count). The number of carbonyl (C=O) groups excluding carboxylic acids is 2. The van der Waals surface area contributed by atoms with Gasteiger partial charge in [-0.15, -0.1) is 16.4 Å². The molecule has 9 heteroatoms. The van der Waals surface area contributed by atoms with E-state index in [0.717, 1.165) is 35.2 Å². The summed E-state index contributed by atoms with van der Waals surface area (Å²) >= 11 is 1.41. The molecule has 1 fully saturated rings. The highest BCUT2D eigenvalue weighted by molar-refractivity contribution is 7.13. The zero-order valence-corrected chi connectivity index (χ0v) is 16.1. The summed E-state index contributed by atoms with van der Waals surface area (Å²) in [6.07, 6.45) is 3.32. The van der Waals surface area contributed by atoms with Crippen molar-refractivity contribution in [3.05, 3.63) is 28.1 Å². The summed E-state index contributed by atoms with van der Waals surface area (Å²) in [6.45, 7) is 3.04. The zero-order chi connectivity index (χ0) is 19.2. The maximum Gasteiger partial charge on any atom is 0.437 e. The van der Waals surface area contributed by atoms with Crippen LogP contribution in [0.4, 0.5) is 0 Å². The molecule has 3 heterocycles. The molecule has 1 saturated heterocycles. The van der Waals surface area contributed by atoms with Crippen molar-refractivity contribution in [1.82, 2.24) is 14.7 Å². The molecule has 1 aliphatic heterocycles. The van der Waals surface area contributed by atoms with Crippen LogP contribution in [-0.2, 0) is 20.9 Å². The quantitative estimate of drug-likeness (QED) is 0.699. The molecule has 0 N–H and O–H groups in total. The Labute approximate surface area is 160 Å². The summed E-state index contributed by atoms with van der Waals surface area (Å²) in [4.78, 5) is 38.8. The second kappa shape index (κ2) is 8.98. The van der Waals surface area contributed by atoms with Gasteiger partial charge in [-0.25, -0.2) is 4.79 Å². The Morgan fingerprint density at radius 2 is 2.04 bits per heavy atom. The molecule has 0 radical (unpaired) electrons. The minimum atomic E-state index is -0.827. The van der Waals surface area contributed by atoms with E-state index in [1.54, 1.807) is 17.9 Å². The predicted molar refractivity (Wildman–Crippen MR) is 99.3 cm³/mol. The fourth-order valence-corrected chi connectivity index (χ4v) is 3.64. The third-order valence-electron chi connectivity index (χ3n) is 4.44. The molecule has 1 atom stereocenters. The van der Waals surface area contributed by atoms with Crippen molar-refractivity contribution in [2.75, 3.05) is 13.1 Å². The summed E-state index contributed by atoms with van der Waals surface area (Å²) < 4.78 is 11.4. The zero-order valence-electron chi connectivity index (χ0n) is 15.3. The van der Waals surface area contributed by atoms with Gasteiger partial charge in [-0.1, -0.05) is 18.9 Å². The Bertz CT molecular complexity index is 818. The highest BCUT2D eigenvalue weighted by Gasteiger charge is 2.24. The van der Waals surface area contributed by atoms with Gasteiger partial charge >= 0.3 is 11.7 Å². The predicted octanol–water partition coefficient (Wildman–Crippen LogP) is 2.29. The Morgan fingerprint density at radius 1 is 1.30 bits per heavy atom. The number of esters is 1. The maximum atomic E-state index is 12.4. The number of aryl methyl sites for hydroxylation is 1. The van der Waals surface area contributed by atoms with E-state index in [4.69, 9.17) is 9.15 Å². The number of likely N-dealkylation sites (tertiary alicyclic amines) is 1. The highest BCUT2D eigenvalue weighted by Crippen LogP contribution is 2.21. The molecular weight excluding hydrogens is 370 g/mol. The van der Waals surface area contributed by atoms with Crippen LogP contribution in [0.25, 0.3) is 10.8 Å². The van der Waals surface area contributed by atoms with Gasteiger partial charge in [-0.2, -0.15) is 4.68 Å². The van der Waals surface area contributed by atoms with E-state index in [-0.39, 0.29) is 24.8 Å². The molecule has 0 unspecified atom stereocenters. The van der Waals surface area contributed by atoms with Crippen LogP contribution in [0.5, 0.6) is 0 Å². The van der Waals surface area contributed by atoms with Gasteiger partial charge in [0, 0.05) is 13.1 Å². The summed E-state index contributed by atoms with van der Waals surface area (Å²) in [5.41, 5.74) is 0. The average Bonchev–Trinajstić information content (AvgIpc) is 3.22. The van der Waals surface area contributed by atoms with Crippen molar-refractivity contribution in [1.29, 1.82) is 0 Å². The van der Waals surface area contributed by atoms with E-state index in [0.29, 0.717) is 13.1 Å². The molecule has 1 aliphatic rings. The van der Waals surface area contributed by atoms with Gasteiger partial charge in [0.05, 0.1) is 17.8 Å². The third kappa shape index (κ3) is 5.06. The molecule has 8 nitrogen and oxygen atoms in total. The van der Waals surface area contributed by atoms with E-state index in [9.17, 15) is 14.4 Å². The lowest BCUT2D eigenvalue weighted by Crippen LogP contribution is -2.40. The van der Waals surface area contributed by atoms with Gasteiger partial charge in [-0.05, 0) is 31.2 Å². The first-order valence-corrected chi connectivity index (χ1v) is 10.0. The fourth-order valence-electron chi connectivity index (χ4n) is 3.00. The minimum absolute atomic E-state index is 0.0389. The van der Waals surface area contributed by atoms with Gasteiger partial charge in [0.2, 0.25) is 0 Å². The number of amides is 1. The second-order valence-electron chi connectivity index (χ2n) is 6.50. The van der Waals surface area contributed by atoms with Crippen molar-refractivity contribution >= 4 is 23.2 Å². The Balaban J connectivity index is 1.50. The number of ether oxygens (including phenoxy) is 1. The number of hydrogen-bond donors (Lipinski definition) is 0. The van der Waals surface area contributed by atoms with E-state index < -0.39 is 17.8 Å². The van der Waals surface area contributed by atoms with Crippen molar-refractivity contribution in [2.45, 2.75) is 51.7 Å². The third-order valence-corrected chi connectivity index (χ3v) is 5.30. The molecule has 1 amide bonds. The summed E-state index contributed by atoms with van der Waals surface area (Å²) in [6, 6.07) is 3.63. The summed E-state index contributed by atoms with van der Waals surface area (Å²) in [5.74, 6) is -1.10. The van der Waals surface area contributed by atoms with Crippen molar-refractivity contribution in [3.8, 4) is 10.8 Å². The van der Waals surface area contributed by atoms with Crippen molar-refractivity contribution in [3.63, 3.8) is 0 Å². The number of carbonyl (C=O) groups is 2. The molecule has 0 aliphatic carbocycles. The Kier molecular flexibility index (Phi) is 6.44. The number of rotatable bonds is 6. The standard InChI is InChI=1S/C18H23N3O5S/c1-13(17(23)20-9-4-2-3-5-10-20)25-15(22)8-11-21-18(24)26-16(19-21)14-7-6-12-27-14/h6-7,12-13H,2-5,8-11H2,1H3/t13-/m0/s1. The first-order chi connectivity index (χ1) is 13.0. The largest absolute Gasteiger partial charge is 0.452 e. The smallest absolute Gasteiger partial charge is 0.437 e. The Hall–Kier alpha value is -2.42. The van der Waals surface area contributed by atoms with Gasteiger partial charge in [0.25, 0.3) is 11.8 Å². The molecule has 2 aromatic rings. The fraction of sp³-hybridized carbons (Fsp3) is 0.556. The van der Waals surface area contributed by atoms with Crippen LogP contribution in [0, 0.1) is 0 Å². The minimum Gasteiger partial charge on any atom is -0.452 e.